The Kier molecular flexibility index (Phi) is 8.83. The molecule has 0 amide bonds. The first-order valence-corrected chi connectivity index (χ1v) is 8.47. The topological polar surface area (TPSA) is 52.3 Å². The molecule has 0 aromatic heterocycles. The molecule has 3 nitrogen and oxygen atoms in total. The molecule has 0 fully saturated rings. The number of hydrogen-bond donors (Lipinski definition) is 1. The summed E-state index contributed by atoms with van der Waals surface area (Å²) in [7, 11) is 0. The highest BCUT2D eigenvalue weighted by molar-refractivity contribution is 5.75. The Hall–Kier alpha value is -1.35. The molecule has 0 aliphatic rings. The summed E-state index contributed by atoms with van der Waals surface area (Å²) in [4.78, 5) is 11.9. The summed E-state index contributed by atoms with van der Waals surface area (Å²) >= 11 is 0. The Morgan fingerprint density at radius 1 is 1.18 bits per heavy atom. The van der Waals surface area contributed by atoms with Crippen molar-refractivity contribution >= 4 is 5.97 Å². The molecule has 0 saturated carbocycles. The highest BCUT2D eigenvalue weighted by Gasteiger charge is 2.15. The molecular formula is C19H31NO2. The van der Waals surface area contributed by atoms with E-state index in [0.717, 1.165) is 24.3 Å². The maximum Gasteiger partial charge on any atom is 0.323 e. The number of esters is 1. The number of hydrogen-bond acceptors (Lipinski definition) is 3. The molecule has 0 heterocycles. The molecule has 2 N–H and O–H groups in total. The molecule has 3 heteroatoms. The maximum absolute atomic E-state index is 11.9. The van der Waals surface area contributed by atoms with Gasteiger partial charge in [0.1, 0.15) is 6.04 Å². The van der Waals surface area contributed by atoms with E-state index in [9.17, 15) is 4.79 Å². The maximum atomic E-state index is 11.9. The summed E-state index contributed by atoms with van der Waals surface area (Å²) in [5.74, 6) is 0.487. The molecule has 124 valence electrons. The number of nitrogens with two attached hydrogens (primary N) is 1. The first-order valence-electron chi connectivity index (χ1n) is 8.47. The lowest BCUT2D eigenvalue weighted by Crippen LogP contribution is -2.34. The van der Waals surface area contributed by atoms with E-state index in [4.69, 9.17) is 10.5 Å². The lowest BCUT2D eigenvalue weighted by molar-refractivity contribution is -0.145. The standard InChI is InChI=1S/C19H31NO2/c1-15(2)9-6-4-5-7-12-22-19(21)18(20)14-17-11-8-10-16(3)13-17/h8,10-11,13,15,18H,4-7,9,12,14,20H2,1-3H3/t18-/m0/s1. The number of unbranched alkanes of at least 4 members (excludes halogenated alkanes) is 3. The van der Waals surface area contributed by atoms with E-state index in [0.29, 0.717) is 13.0 Å². The van der Waals surface area contributed by atoms with E-state index in [-0.39, 0.29) is 5.97 Å². The average molecular weight is 305 g/mol. The predicted octanol–water partition coefficient (Wildman–Crippen LogP) is 4.01. The molecule has 0 saturated heterocycles. The molecule has 1 rings (SSSR count). The van der Waals surface area contributed by atoms with Gasteiger partial charge in [0.25, 0.3) is 0 Å². The molecule has 0 radical (unpaired) electrons. The number of rotatable bonds is 10. The molecule has 22 heavy (non-hydrogen) atoms. The largest absolute Gasteiger partial charge is 0.465 e. The zero-order chi connectivity index (χ0) is 16.4. The quantitative estimate of drug-likeness (QED) is 0.525. The fourth-order valence-electron chi connectivity index (χ4n) is 2.46. The van der Waals surface area contributed by atoms with Crippen molar-refractivity contribution in [3.63, 3.8) is 0 Å². The van der Waals surface area contributed by atoms with Gasteiger partial charge in [0.2, 0.25) is 0 Å². The van der Waals surface area contributed by atoms with Gasteiger partial charge in [0.15, 0.2) is 0 Å². The van der Waals surface area contributed by atoms with Gasteiger partial charge in [-0.3, -0.25) is 4.79 Å². The summed E-state index contributed by atoms with van der Waals surface area (Å²) in [6.07, 6.45) is 6.34. The second kappa shape index (κ2) is 10.4. The summed E-state index contributed by atoms with van der Waals surface area (Å²) in [6.45, 7) is 7.02. The first kappa shape index (κ1) is 18.7. The second-order valence-electron chi connectivity index (χ2n) is 6.56. The fraction of sp³-hybridized carbons (Fsp3) is 0.632. The van der Waals surface area contributed by atoms with Gasteiger partial charge in [0.05, 0.1) is 6.61 Å². The first-order chi connectivity index (χ1) is 10.5. The van der Waals surface area contributed by atoms with E-state index in [1.54, 1.807) is 0 Å². The molecule has 0 aliphatic heterocycles. The Labute approximate surface area is 135 Å². The Morgan fingerprint density at radius 2 is 1.91 bits per heavy atom. The lowest BCUT2D eigenvalue weighted by Gasteiger charge is -2.12. The van der Waals surface area contributed by atoms with Crippen LogP contribution >= 0.6 is 0 Å². The number of carbonyl (C=O) groups excluding carboxylic acids is 1. The van der Waals surface area contributed by atoms with E-state index >= 15 is 0 Å². The van der Waals surface area contributed by atoms with Gasteiger partial charge < -0.3 is 10.5 Å². The molecular weight excluding hydrogens is 274 g/mol. The normalized spacial score (nSPS) is 12.4. The number of carbonyl (C=O) groups is 1. The Bertz CT molecular complexity index is 443. The summed E-state index contributed by atoms with van der Waals surface area (Å²) in [6, 6.07) is 7.51. The van der Waals surface area contributed by atoms with Crippen molar-refractivity contribution in [3.8, 4) is 0 Å². The number of ether oxygens (including phenoxy) is 1. The van der Waals surface area contributed by atoms with Crippen LogP contribution in [0.25, 0.3) is 0 Å². The van der Waals surface area contributed by atoms with Gasteiger partial charge in [-0.25, -0.2) is 0 Å². The van der Waals surface area contributed by atoms with Crippen molar-refractivity contribution in [2.24, 2.45) is 11.7 Å². The molecule has 1 atom stereocenters. The van der Waals surface area contributed by atoms with Crippen LogP contribution in [0.5, 0.6) is 0 Å². The van der Waals surface area contributed by atoms with Gasteiger partial charge in [-0.15, -0.1) is 0 Å². The van der Waals surface area contributed by atoms with Crippen LogP contribution in [0, 0.1) is 12.8 Å². The van der Waals surface area contributed by atoms with Crippen LogP contribution < -0.4 is 5.73 Å². The van der Waals surface area contributed by atoms with E-state index in [1.807, 2.05) is 25.1 Å². The molecule has 0 unspecified atom stereocenters. The SMILES string of the molecule is Cc1cccc(C[C@H](N)C(=O)OCCCCCCC(C)C)c1. The highest BCUT2D eigenvalue weighted by Crippen LogP contribution is 2.10. The summed E-state index contributed by atoms with van der Waals surface area (Å²) in [5.41, 5.74) is 8.18. The minimum atomic E-state index is -0.567. The van der Waals surface area contributed by atoms with Gasteiger partial charge in [-0.05, 0) is 31.2 Å². The van der Waals surface area contributed by atoms with E-state index in [2.05, 4.69) is 19.9 Å². The minimum absolute atomic E-state index is 0.288. The summed E-state index contributed by atoms with van der Waals surface area (Å²) < 4.78 is 5.27. The van der Waals surface area contributed by atoms with E-state index in [1.165, 1.54) is 24.8 Å². The van der Waals surface area contributed by atoms with Crippen LogP contribution in [-0.4, -0.2) is 18.6 Å². The predicted molar refractivity (Wildman–Crippen MR) is 91.7 cm³/mol. The van der Waals surface area contributed by atoms with Crippen molar-refractivity contribution in [1.82, 2.24) is 0 Å². The Morgan fingerprint density at radius 3 is 2.59 bits per heavy atom. The van der Waals surface area contributed by atoms with Crippen molar-refractivity contribution in [1.29, 1.82) is 0 Å². The summed E-state index contributed by atoms with van der Waals surface area (Å²) in [5, 5.41) is 0. The number of benzene rings is 1. The van der Waals surface area contributed by atoms with Gasteiger partial charge in [-0.1, -0.05) is 69.4 Å². The minimum Gasteiger partial charge on any atom is -0.465 e. The third-order valence-electron chi connectivity index (χ3n) is 3.76. The Balaban J connectivity index is 2.14. The fourth-order valence-corrected chi connectivity index (χ4v) is 2.46. The van der Waals surface area contributed by atoms with Crippen molar-refractivity contribution < 1.29 is 9.53 Å². The third kappa shape index (κ3) is 8.18. The molecule has 0 spiro atoms. The smallest absolute Gasteiger partial charge is 0.323 e. The average Bonchev–Trinajstić information content (AvgIpc) is 2.45. The zero-order valence-corrected chi connectivity index (χ0v) is 14.3. The monoisotopic (exact) mass is 305 g/mol. The van der Waals surface area contributed by atoms with Crippen LogP contribution in [-0.2, 0) is 16.0 Å². The molecule has 0 aliphatic carbocycles. The van der Waals surface area contributed by atoms with Crippen LogP contribution in [0.1, 0.15) is 57.1 Å². The van der Waals surface area contributed by atoms with Crippen LogP contribution in [0.2, 0.25) is 0 Å². The van der Waals surface area contributed by atoms with Crippen molar-refractivity contribution in [2.75, 3.05) is 6.61 Å². The van der Waals surface area contributed by atoms with Gasteiger partial charge >= 0.3 is 5.97 Å². The van der Waals surface area contributed by atoms with Crippen LogP contribution in [0.3, 0.4) is 0 Å². The molecule has 0 bridgehead atoms. The molecule has 1 aromatic rings. The van der Waals surface area contributed by atoms with Crippen LogP contribution in [0.4, 0.5) is 0 Å². The van der Waals surface area contributed by atoms with Crippen molar-refractivity contribution in [2.45, 2.75) is 65.3 Å². The highest BCUT2D eigenvalue weighted by atomic mass is 16.5. The van der Waals surface area contributed by atoms with Gasteiger partial charge in [-0.2, -0.15) is 0 Å². The lowest BCUT2D eigenvalue weighted by atomic mass is 10.0. The third-order valence-corrected chi connectivity index (χ3v) is 3.76. The van der Waals surface area contributed by atoms with Gasteiger partial charge in [0, 0.05) is 0 Å². The zero-order valence-electron chi connectivity index (χ0n) is 14.3. The van der Waals surface area contributed by atoms with E-state index < -0.39 is 6.04 Å². The second-order valence-corrected chi connectivity index (χ2v) is 6.56. The van der Waals surface area contributed by atoms with Crippen molar-refractivity contribution in [3.05, 3.63) is 35.4 Å². The molecule has 1 aromatic carbocycles. The van der Waals surface area contributed by atoms with Crippen LogP contribution in [0.15, 0.2) is 24.3 Å². The number of aryl methyl sites for hydroxylation is 1.